The monoisotopic (exact) mass is 1090 g/mol. The van der Waals surface area contributed by atoms with Crippen LogP contribution in [-0.4, -0.2) is 9.97 Å². The highest BCUT2D eigenvalue weighted by molar-refractivity contribution is 5.99. The van der Waals surface area contributed by atoms with Crippen molar-refractivity contribution in [1.82, 2.24) is 9.97 Å². The fraction of sp³-hybridized carbons (Fsp3) is 0.0380. The molecule has 15 aromatic rings. The number of nitrogens with zero attached hydrogens (tertiary/aromatic N) is 4. The van der Waals surface area contributed by atoms with Crippen LogP contribution in [0.15, 0.2) is 300 Å². The van der Waals surface area contributed by atoms with E-state index in [0.29, 0.717) is 11.8 Å². The van der Waals surface area contributed by atoms with E-state index >= 15 is 0 Å². The molecule has 0 saturated heterocycles. The van der Waals surface area contributed by atoms with Gasteiger partial charge in [-0.3, -0.25) is 0 Å². The van der Waals surface area contributed by atoms with Crippen LogP contribution in [0.1, 0.15) is 25.0 Å². The van der Waals surface area contributed by atoms with Crippen LogP contribution in [0, 0.1) is 0 Å². The summed E-state index contributed by atoms with van der Waals surface area (Å²) in [5.41, 5.74) is 23.2. The van der Waals surface area contributed by atoms with Crippen molar-refractivity contribution < 1.29 is 8.83 Å². The highest BCUT2D eigenvalue weighted by atomic mass is 16.4. The Hall–Kier alpha value is -11.1. The van der Waals surface area contributed by atoms with E-state index < -0.39 is 0 Å². The van der Waals surface area contributed by atoms with Crippen molar-refractivity contribution in [1.29, 1.82) is 0 Å². The van der Waals surface area contributed by atoms with E-state index in [1.54, 1.807) is 0 Å². The van der Waals surface area contributed by atoms with Gasteiger partial charge in [-0.25, -0.2) is 9.97 Å². The zero-order chi connectivity index (χ0) is 56.6. The second kappa shape index (κ2) is 20.1. The fourth-order valence-corrected chi connectivity index (χ4v) is 12.8. The first-order chi connectivity index (χ1) is 41.8. The molecular formula is C79H54N4O2. The number of anilines is 6. The molecule has 0 radical (unpaired) electrons. The van der Waals surface area contributed by atoms with Crippen molar-refractivity contribution in [2.45, 2.75) is 19.3 Å². The number of hydrogen-bond acceptors (Lipinski definition) is 6. The standard InChI is InChI=1S/C79H54N4O2/c1-79(2)71-49-56(51-31-38-59(39-32-51)82(60-40-33-54(34-41-60)77-80-73-27-7-9-29-75(73)84-77)62-21-11-19-57(47-62)67-25-13-17-52-15-3-5-23-65(52)67)37-45-69(71)70-46-44-64(50-72(70)79)83(61-42-35-55(36-43-61)78-81-74-28-8-10-30-76(74)85-78)63-22-12-20-58(48-63)68-26-14-18-53-16-4-6-24-66(53)68/h3-50H,1-2H3. The van der Waals surface area contributed by atoms with Gasteiger partial charge >= 0.3 is 0 Å². The van der Waals surface area contributed by atoms with Crippen LogP contribution in [0.5, 0.6) is 0 Å². The number of benzene rings is 13. The van der Waals surface area contributed by atoms with Crippen molar-refractivity contribution in [2.24, 2.45) is 0 Å². The number of hydrogen-bond donors (Lipinski definition) is 0. The Morgan fingerprint density at radius 1 is 0.282 bits per heavy atom. The largest absolute Gasteiger partial charge is 0.436 e. The molecule has 0 saturated carbocycles. The van der Waals surface area contributed by atoms with Crippen LogP contribution in [0.25, 0.3) is 111 Å². The molecule has 2 aromatic heterocycles. The van der Waals surface area contributed by atoms with Gasteiger partial charge in [0.05, 0.1) is 0 Å². The van der Waals surface area contributed by atoms with Gasteiger partial charge in [0, 0.05) is 50.7 Å². The van der Waals surface area contributed by atoms with E-state index in [9.17, 15) is 0 Å². The Kier molecular flexibility index (Phi) is 11.8. The molecule has 0 atom stereocenters. The molecule has 1 aliphatic carbocycles. The summed E-state index contributed by atoms with van der Waals surface area (Å²) >= 11 is 0. The quantitative estimate of drug-likeness (QED) is 0.129. The number of rotatable bonds is 11. The summed E-state index contributed by atoms with van der Waals surface area (Å²) in [6.45, 7) is 4.74. The van der Waals surface area contributed by atoms with E-state index in [-0.39, 0.29) is 5.41 Å². The summed E-state index contributed by atoms with van der Waals surface area (Å²) in [6.07, 6.45) is 0. The lowest BCUT2D eigenvalue weighted by atomic mass is 9.81. The van der Waals surface area contributed by atoms with Crippen molar-refractivity contribution in [3.05, 3.63) is 302 Å². The topological polar surface area (TPSA) is 58.5 Å². The highest BCUT2D eigenvalue weighted by Gasteiger charge is 2.36. The number of para-hydroxylation sites is 4. The van der Waals surface area contributed by atoms with Crippen molar-refractivity contribution in [3.8, 4) is 67.4 Å². The zero-order valence-corrected chi connectivity index (χ0v) is 46.8. The summed E-state index contributed by atoms with van der Waals surface area (Å²) in [6, 6.07) is 104. The van der Waals surface area contributed by atoms with E-state index in [1.165, 1.54) is 60.5 Å². The highest BCUT2D eigenvalue weighted by Crippen LogP contribution is 2.52. The third kappa shape index (κ3) is 8.73. The Morgan fingerprint density at radius 2 is 0.671 bits per heavy atom. The Balaban J connectivity index is 0.746. The lowest BCUT2D eigenvalue weighted by molar-refractivity contribution is 0.619. The van der Waals surface area contributed by atoms with Crippen LogP contribution in [0.4, 0.5) is 34.1 Å². The molecule has 13 aromatic carbocycles. The van der Waals surface area contributed by atoms with E-state index in [2.05, 4.69) is 266 Å². The predicted octanol–water partition coefficient (Wildman–Crippen LogP) is 21.9. The molecule has 402 valence electrons. The van der Waals surface area contributed by atoms with Gasteiger partial charge in [-0.05, 0) is 205 Å². The molecule has 0 fully saturated rings. The van der Waals surface area contributed by atoms with E-state index in [1.807, 2.05) is 48.5 Å². The van der Waals surface area contributed by atoms with Crippen LogP contribution in [0.2, 0.25) is 0 Å². The van der Waals surface area contributed by atoms with Gasteiger partial charge in [0.15, 0.2) is 11.2 Å². The van der Waals surface area contributed by atoms with Gasteiger partial charge in [-0.1, -0.05) is 178 Å². The molecular weight excluding hydrogens is 1040 g/mol. The SMILES string of the molecule is CC1(C)c2cc(-c3ccc(N(c4ccc(-c5nc6ccccc6o5)cc4)c4cccc(-c5cccc6ccccc56)c4)cc3)ccc2-c2ccc(N(c3ccc(-c4nc5ccccc5o4)cc3)c3cccc(-c4cccc5ccccc45)c3)cc21. The maximum absolute atomic E-state index is 6.23. The summed E-state index contributed by atoms with van der Waals surface area (Å²) in [5, 5.41) is 4.89. The van der Waals surface area contributed by atoms with Crippen molar-refractivity contribution in [2.75, 3.05) is 9.80 Å². The predicted molar refractivity (Wildman–Crippen MR) is 351 cm³/mol. The van der Waals surface area contributed by atoms with Gasteiger partial charge in [0.2, 0.25) is 11.8 Å². The van der Waals surface area contributed by atoms with Crippen molar-refractivity contribution >= 4 is 77.9 Å². The second-order valence-corrected chi connectivity index (χ2v) is 22.6. The van der Waals surface area contributed by atoms with Crippen LogP contribution < -0.4 is 9.80 Å². The summed E-state index contributed by atoms with van der Waals surface area (Å²) in [7, 11) is 0. The molecule has 16 rings (SSSR count). The normalized spacial score (nSPS) is 12.4. The van der Waals surface area contributed by atoms with E-state index in [4.69, 9.17) is 18.8 Å². The molecule has 0 N–H and O–H groups in total. The van der Waals surface area contributed by atoms with Crippen molar-refractivity contribution in [3.63, 3.8) is 0 Å². The molecule has 1 aliphatic rings. The average Bonchev–Trinajstić information content (AvgIpc) is 2.36. The van der Waals surface area contributed by atoms with Crippen LogP contribution in [-0.2, 0) is 5.41 Å². The molecule has 6 heteroatoms. The molecule has 0 aliphatic heterocycles. The maximum Gasteiger partial charge on any atom is 0.227 e. The molecule has 0 spiro atoms. The van der Waals surface area contributed by atoms with Gasteiger partial charge in [-0.15, -0.1) is 0 Å². The average molecular weight is 1090 g/mol. The summed E-state index contributed by atoms with van der Waals surface area (Å²) < 4.78 is 12.4. The lowest BCUT2D eigenvalue weighted by Crippen LogP contribution is -2.16. The first kappa shape index (κ1) is 49.7. The molecule has 2 heterocycles. The number of oxazole rings is 2. The van der Waals surface area contributed by atoms with Gasteiger partial charge < -0.3 is 18.6 Å². The minimum Gasteiger partial charge on any atom is -0.436 e. The van der Waals surface area contributed by atoms with E-state index in [0.717, 1.165) is 84.1 Å². The Labute approximate surface area is 492 Å². The zero-order valence-electron chi connectivity index (χ0n) is 46.8. The maximum atomic E-state index is 6.23. The fourth-order valence-electron chi connectivity index (χ4n) is 12.8. The molecule has 0 amide bonds. The number of fused-ring (bicyclic) bond motifs is 7. The molecule has 85 heavy (non-hydrogen) atoms. The Morgan fingerprint density at radius 3 is 1.19 bits per heavy atom. The minimum atomic E-state index is -0.306. The second-order valence-electron chi connectivity index (χ2n) is 22.6. The molecule has 0 unspecified atom stereocenters. The molecule has 6 nitrogen and oxygen atoms in total. The van der Waals surface area contributed by atoms with Gasteiger partial charge in [0.25, 0.3) is 0 Å². The third-order valence-electron chi connectivity index (χ3n) is 17.1. The lowest BCUT2D eigenvalue weighted by Gasteiger charge is -2.28. The number of aromatic nitrogens is 2. The Bertz CT molecular complexity index is 4980. The summed E-state index contributed by atoms with van der Waals surface area (Å²) in [5.74, 6) is 1.20. The third-order valence-corrected chi connectivity index (χ3v) is 17.1. The van der Waals surface area contributed by atoms with Gasteiger partial charge in [0.1, 0.15) is 11.0 Å². The first-order valence-corrected chi connectivity index (χ1v) is 28.9. The molecule has 0 bridgehead atoms. The minimum absolute atomic E-state index is 0.306. The van der Waals surface area contributed by atoms with Crippen LogP contribution >= 0.6 is 0 Å². The first-order valence-electron chi connectivity index (χ1n) is 28.9. The smallest absolute Gasteiger partial charge is 0.227 e. The van der Waals surface area contributed by atoms with Crippen LogP contribution in [0.3, 0.4) is 0 Å². The van der Waals surface area contributed by atoms with Gasteiger partial charge in [-0.2, -0.15) is 0 Å². The summed E-state index contributed by atoms with van der Waals surface area (Å²) in [4.78, 5) is 14.3.